The number of likely N-dealkylation sites (tertiary alicyclic amines) is 1. The van der Waals surface area contributed by atoms with E-state index in [1.165, 1.54) is 17.8 Å². The van der Waals surface area contributed by atoms with Crippen molar-refractivity contribution < 1.29 is 4.79 Å². The second kappa shape index (κ2) is 6.12. The molecular formula is C12H19N3OS. The minimum atomic E-state index is 0.160. The van der Waals surface area contributed by atoms with Crippen LogP contribution in [0.2, 0.25) is 0 Å². The molecule has 1 atom stereocenters. The fourth-order valence-corrected chi connectivity index (χ4v) is 2.92. The van der Waals surface area contributed by atoms with Gasteiger partial charge < -0.3 is 10.2 Å². The normalized spacial score (nSPS) is 20.5. The molecule has 5 heteroatoms. The molecule has 1 aromatic heterocycles. The van der Waals surface area contributed by atoms with Crippen molar-refractivity contribution in [2.45, 2.75) is 31.7 Å². The Morgan fingerprint density at radius 2 is 2.53 bits per heavy atom. The Bertz CT molecular complexity index is 353. The highest BCUT2D eigenvalue weighted by Gasteiger charge is 2.27. The van der Waals surface area contributed by atoms with Crippen LogP contribution < -0.4 is 5.32 Å². The lowest BCUT2D eigenvalue weighted by Crippen LogP contribution is -2.44. The largest absolute Gasteiger partial charge is 0.335 e. The van der Waals surface area contributed by atoms with Gasteiger partial charge in [-0.05, 0) is 39.3 Å². The maximum atomic E-state index is 12.3. The van der Waals surface area contributed by atoms with E-state index in [0.29, 0.717) is 6.04 Å². The molecule has 1 aromatic rings. The number of aromatic nitrogens is 1. The van der Waals surface area contributed by atoms with E-state index >= 15 is 0 Å². The first-order valence-electron chi connectivity index (χ1n) is 6.17. The molecule has 0 aromatic carbocycles. The van der Waals surface area contributed by atoms with Crippen LogP contribution in [0.3, 0.4) is 0 Å². The molecular weight excluding hydrogens is 234 g/mol. The molecule has 94 valence electrons. The van der Waals surface area contributed by atoms with E-state index in [-0.39, 0.29) is 5.91 Å². The number of carbonyl (C=O) groups excluding carboxylic acids is 1. The van der Waals surface area contributed by atoms with E-state index in [1.807, 2.05) is 11.9 Å². The van der Waals surface area contributed by atoms with Crippen LogP contribution >= 0.6 is 11.3 Å². The Kier molecular flexibility index (Phi) is 4.50. The summed E-state index contributed by atoms with van der Waals surface area (Å²) in [5.74, 6) is 0.160. The summed E-state index contributed by atoms with van der Waals surface area (Å²) in [4.78, 5) is 19.1. The Morgan fingerprint density at radius 1 is 1.65 bits per heavy atom. The molecule has 17 heavy (non-hydrogen) atoms. The summed E-state index contributed by atoms with van der Waals surface area (Å²) in [5.41, 5.74) is 1.72. The van der Waals surface area contributed by atoms with Gasteiger partial charge in [-0.3, -0.25) is 9.78 Å². The number of hydrogen-bond acceptors (Lipinski definition) is 4. The zero-order chi connectivity index (χ0) is 12.1. The highest BCUT2D eigenvalue weighted by Crippen LogP contribution is 2.22. The maximum Gasteiger partial charge on any atom is 0.265 e. The fourth-order valence-electron chi connectivity index (χ4n) is 2.34. The maximum absolute atomic E-state index is 12.3. The molecule has 0 bridgehead atoms. The lowest BCUT2D eigenvalue weighted by Gasteiger charge is -2.35. The first kappa shape index (κ1) is 12.5. The molecule has 1 aliphatic heterocycles. The third-order valence-corrected chi connectivity index (χ3v) is 4.02. The van der Waals surface area contributed by atoms with Gasteiger partial charge in [0.1, 0.15) is 4.88 Å². The van der Waals surface area contributed by atoms with Crippen molar-refractivity contribution in [3.63, 3.8) is 0 Å². The van der Waals surface area contributed by atoms with E-state index in [2.05, 4.69) is 10.3 Å². The molecule has 1 N–H and O–H groups in total. The topological polar surface area (TPSA) is 45.2 Å². The zero-order valence-corrected chi connectivity index (χ0v) is 11.0. The minimum Gasteiger partial charge on any atom is -0.335 e. The van der Waals surface area contributed by atoms with Crippen LogP contribution in [0.5, 0.6) is 0 Å². The summed E-state index contributed by atoms with van der Waals surface area (Å²) in [6.07, 6.45) is 6.21. The fraction of sp³-hybridized carbons (Fsp3) is 0.667. The predicted octanol–water partition coefficient (Wildman–Crippen LogP) is 1.75. The molecule has 2 heterocycles. The van der Waals surface area contributed by atoms with E-state index in [4.69, 9.17) is 0 Å². The van der Waals surface area contributed by atoms with Crippen molar-refractivity contribution in [2.75, 3.05) is 20.1 Å². The van der Waals surface area contributed by atoms with E-state index in [0.717, 1.165) is 37.2 Å². The first-order chi connectivity index (χ1) is 8.33. The first-order valence-corrected chi connectivity index (χ1v) is 7.05. The van der Waals surface area contributed by atoms with Gasteiger partial charge in [0.05, 0.1) is 11.7 Å². The van der Waals surface area contributed by atoms with Crippen LogP contribution in [0.1, 0.15) is 35.4 Å². The molecule has 0 radical (unpaired) electrons. The molecule has 1 saturated heterocycles. The number of carbonyl (C=O) groups is 1. The van der Waals surface area contributed by atoms with Crippen LogP contribution in [0.15, 0.2) is 11.7 Å². The lowest BCUT2D eigenvalue weighted by atomic mass is 9.99. The molecule has 0 aliphatic carbocycles. The van der Waals surface area contributed by atoms with Gasteiger partial charge in [-0.15, -0.1) is 11.3 Å². The number of amides is 1. The molecule has 1 unspecified atom stereocenters. The molecule has 0 saturated carbocycles. The number of nitrogens with one attached hydrogen (secondary N) is 1. The predicted molar refractivity (Wildman–Crippen MR) is 69.3 cm³/mol. The number of thiazole rings is 1. The van der Waals surface area contributed by atoms with Crippen LogP contribution in [-0.4, -0.2) is 42.0 Å². The summed E-state index contributed by atoms with van der Waals surface area (Å²) in [7, 11) is 1.96. The van der Waals surface area contributed by atoms with Crippen LogP contribution in [0.4, 0.5) is 0 Å². The highest BCUT2D eigenvalue weighted by molar-refractivity contribution is 7.11. The van der Waals surface area contributed by atoms with E-state index in [1.54, 1.807) is 11.7 Å². The standard InChI is InChI=1S/C12H19N3OS/c1-13-6-5-10-4-2-3-7-15(10)12(16)11-8-14-9-17-11/h8-10,13H,2-7H2,1H3. The Morgan fingerprint density at radius 3 is 3.24 bits per heavy atom. The summed E-state index contributed by atoms with van der Waals surface area (Å²) in [6.45, 7) is 1.86. The Labute approximate surface area is 106 Å². The van der Waals surface area contributed by atoms with E-state index < -0.39 is 0 Å². The molecule has 1 fully saturated rings. The van der Waals surface area contributed by atoms with Crippen LogP contribution in [0.25, 0.3) is 0 Å². The number of hydrogen-bond donors (Lipinski definition) is 1. The third kappa shape index (κ3) is 3.04. The number of nitrogens with zero attached hydrogens (tertiary/aromatic N) is 2. The van der Waals surface area contributed by atoms with Gasteiger partial charge in [0.15, 0.2) is 0 Å². The average Bonchev–Trinajstić information content (AvgIpc) is 2.89. The second-order valence-electron chi connectivity index (χ2n) is 4.41. The van der Waals surface area contributed by atoms with Gasteiger partial charge in [-0.1, -0.05) is 0 Å². The van der Waals surface area contributed by atoms with Crippen molar-refractivity contribution >= 4 is 17.2 Å². The highest BCUT2D eigenvalue weighted by atomic mass is 32.1. The van der Waals surface area contributed by atoms with Gasteiger partial charge >= 0.3 is 0 Å². The summed E-state index contributed by atoms with van der Waals surface area (Å²) in [5, 5.41) is 3.16. The average molecular weight is 253 g/mol. The lowest BCUT2D eigenvalue weighted by molar-refractivity contribution is 0.0607. The van der Waals surface area contributed by atoms with Gasteiger partial charge in [-0.25, -0.2) is 0 Å². The van der Waals surface area contributed by atoms with Crippen LogP contribution in [-0.2, 0) is 0 Å². The molecule has 1 amide bonds. The smallest absolute Gasteiger partial charge is 0.265 e. The van der Waals surface area contributed by atoms with Crippen molar-refractivity contribution in [1.82, 2.24) is 15.2 Å². The summed E-state index contributed by atoms with van der Waals surface area (Å²) >= 11 is 1.43. The van der Waals surface area contributed by atoms with Crippen molar-refractivity contribution in [2.24, 2.45) is 0 Å². The molecule has 1 aliphatic rings. The van der Waals surface area contributed by atoms with E-state index in [9.17, 15) is 4.79 Å². The summed E-state index contributed by atoms with van der Waals surface area (Å²) in [6, 6.07) is 0.394. The monoisotopic (exact) mass is 253 g/mol. The van der Waals surface area contributed by atoms with Crippen molar-refractivity contribution in [3.8, 4) is 0 Å². The van der Waals surface area contributed by atoms with Gasteiger partial charge in [-0.2, -0.15) is 0 Å². The summed E-state index contributed by atoms with van der Waals surface area (Å²) < 4.78 is 0. The Hall–Kier alpha value is -0.940. The van der Waals surface area contributed by atoms with Crippen molar-refractivity contribution in [3.05, 3.63) is 16.6 Å². The van der Waals surface area contributed by atoms with Gasteiger partial charge in [0.25, 0.3) is 5.91 Å². The SMILES string of the molecule is CNCCC1CCCCN1C(=O)c1cncs1. The molecule has 0 spiro atoms. The number of rotatable bonds is 4. The number of piperidine rings is 1. The van der Waals surface area contributed by atoms with Crippen molar-refractivity contribution in [1.29, 1.82) is 0 Å². The van der Waals surface area contributed by atoms with Gasteiger partial charge in [0, 0.05) is 12.6 Å². The van der Waals surface area contributed by atoms with Crippen LogP contribution in [0, 0.1) is 0 Å². The molecule has 4 nitrogen and oxygen atoms in total. The quantitative estimate of drug-likeness (QED) is 0.889. The zero-order valence-electron chi connectivity index (χ0n) is 10.2. The second-order valence-corrected chi connectivity index (χ2v) is 5.29. The Balaban J connectivity index is 2.03. The minimum absolute atomic E-state index is 0.160. The molecule has 2 rings (SSSR count). The van der Waals surface area contributed by atoms with Gasteiger partial charge in [0.2, 0.25) is 0 Å². The third-order valence-electron chi connectivity index (χ3n) is 3.26.